The van der Waals surface area contributed by atoms with E-state index < -0.39 is 11.7 Å². The highest BCUT2D eigenvalue weighted by Gasteiger charge is 2.28. The smallest absolute Gasteiger partial charge is 0.166 e. The Morgan fingerprint density at radius 1 is 1.04 bits per heavy atom. The molecule has 6 nitrogen and oxygen atoms in total. The van der Waals surface area contributed by atoms with Crippen molar-refractivity contribution in [2.24, 2.45) is 0 Å². The molecule has 140 valence electrons. The Morgan fingerprint density at radius 3 is 2.23 bits per heavy atom. The third kappa shape index (κ3) is 4.74. The molecular formula is C20H24O6. The maximum absolute atomic E-state index is 12.4. The second-order valence-corrected chi connectivity index (χ2v) is 6.92. The first-order valence-electron chi connectivity index (χ1n) is 8.35. The van der Waals surface area contributed by atoms with Crippen LogP contribution in [0, 0.1) is 0 Å². The van der Waals surface area contributed by atoms with Crippen molar-refractivity contribution in [1.29, 1.82) is 0 Å². The fraction of sp³-hybridized carbons (Fsp3) is 0.350. The third-order valence-electron chi connectivity index (χ3n) is 4.35. The van der Waals surface area contributed by atoms with Crippen LogP contribution in [0.4, 0.5) is 0 Å². The van der Waals surface area contributed by atoms with Crippen LogP contribution in [0.25, 0.3) is 0 Å². The summed E-state index contributed by atoms with van der Waals surface area (Å²) in [4.78, 5) is 12.4. The first kappa shape index (κ1) is 19.8. The van der Waals surface area contributed by atoms with E-state index in [1.807, 2.05) is 0 Å². The largest absolute Gasteiger partial charge is 0.508 e. The molecule has 0 bridgehead atoms. The van der Waals surface area contributed by atoms with Gasteiger partial charge in [-0.2, -0.15) is 0 Å². The zero-order valence-corrected chi connectivity index (χ0v) is 14.8. The molecule has 26 heavy (non-hydrogen) atoms. The molecule has 1 unspecified atom stereocenters. The van der Waals surface area contributed by atoms with Crippen molar-refractivity contribution in [1.82, 2.24) is 0 Å². The zero-order valence-electron chi connectivity index (χ0n) is 14.8. The second kappa shape index (κ2) is 7.76. The number of Topliss-reactive ketones (excluding diaryl/α,β-unsaturated/α-hetero) is 1. The molecule has 0 spiro atoms. The number of carbonyl (C=O) groups excluding carboxylic acids is 1. The number of phenolic OH excluding ortho intramolecular Hbond substituents is 3. The lowest BCUT2D eigenvalue weighted by molar-refractivity contribution is -0.0473. The van der Waals surface area contributed by atoms with Crippen molar-refractivity contribution in [3.63, 3.8) is 0 Å². The molecule has 0 heterocycles. The van der Waals surface area contributed by atoms with E-state index in [1.165, 1.54) is 38.1 Å². The van der Waals surface area contributed by atoms with Crippen molar-refractivity contribution < 1.29 is 30.3 Å². The van der Waals surface area contributed by atoms with Crippen LogP contribution in [-0.4, -0.2) is 43.0 Å². The summed E-state index contributed by atoms with van der Waals surface area (Å²) < 4.78 is 0. The molecular weight excluding hydrogens is 336 g/mol. The molecule has 1 atom stereocenters. The van der Waals surface area contributed by atoms with Crippen molar-refractivity contribution in [3.05, 3.63) is 53.1 Å². The second-order valence-electron chi connectivity index (χ2n) is 6.92. The fourth-order valence-corrected chi connectivity index (χ4v) is 2.55. The maximum atomic E-state index is 12.4. The summed E-state index contributed by atoms with van der Waals surface area (Å²) in [5.41, 5.74) is -0.473. The molecule has 2 aromatic rings. The number of aromatic hydroxyl groups is 3. The van der Waals surface area contributed by atoms with Crippen LogP contribution in [0.15, 0.2) is 36.4 Å². The van der Waals surface area contributed by atoms with Gasteiger partial charge in [-0.15, -0.1) is 0 Å². The number of rotatable bonds is 7. The highest BCUT2D eigenvalue weighted by molar-refractivity contribution is 5.99. The Hall–Kier alpha value is -2.57. The van der Waals surface area contributed by atoms with Crippen molar-refractivity contribution in [2.75, 3.05) is 0 Å². The number of hydrogen-bond acceptors (Lipinski definition) is 6. The first-order chi connectivity index (χ1) is 12.1. The predicted octanol–water partition coefficient (Wildman–Crippen LogP) is 2.29. The van der Waals surface area contributed by atoms with Gasteiger partial charge in [0.1, 0.15) is 17.2 Å². The summed E-state index contributed by atoms with van der Waals surface area (Å²) in [6.45, 7) is 2.83. The van der Waals surface area contributed by atoms with Gasteiger partial charge in [0.2, 0.25) is 0 Å². The standard InChI is InChI=1S/C20H24O6/c1-20(2,26)18(24)11-15-17(23)10-8-14(19(15)25)16(22)9-5-12-3-6-13(21)7-4-12/h3-4,6-8,10,18,21,23-26H,5,9,11H2,1-2H3. The van der Waals surface area contributed by atoms with E-state index in [9.17, 15) is 30.3 Å². The molecule has 0 saturated heterocycles. The number of carbonyl (C=O) groups is 1. The first-order valence-corrected chi connectivity index (χ1v) is 8.35. The van der Waals surface area contributed by atoms with Crippen molar-refractivity contribution >= 4 is 5.78 Å². The third-order valence-corrected chi connectivity index (χ3v) is 4.35. The highest BCUT2D eigenvalue weighted by atomic mass is 16.3. The van der Waals surface area contributed by atoms with E-state index in [4.69, 9.17) is 0 Å². The minimum absolute atomic E-state index is 0.0232. The van der Waals surface area contributed by atoms with Crippen LogP contribution >= 0.6 is 0 Å². The topological polar surface area (TPSA) is 118 Å². The number of phenols is 3. The normalized spacial score (nSPS) is 12.8. The van der Waals surface area contributed by atoms with E-state index in [1.54, 1.807) is 12.1 Å². The molecule has 0 aromatic heterocycles. The summed E-state index contributed by atoms with van der Waals surface area (Å²) in [6.07, 6.45) is -0.848. The van der Waals surface area contributed by atoms with Crippen LogP contribution in [0.2, 0.25) is 0 Å². The van der Waals surface area contributed by atoms with Crippen LogP contribution in [-0.2, 0) is 12.8 Å². The molecule has 0 aliphatic carbocycles. The average molecular weight is 360 g/mol. The summed E-state index contributed by atoms with van der Waals surface area (Å²) in [6, 6.07) is 9.13. The molecule has 0 saturated carbocycles. The zero-order chi connectivity index (χ0) is 19.5. The molecule has 2 aromatic carbocycles. The Bertz CT molecular complexity index is 774. The lowest BCUT2D eigenvalue weighted by Gasteiger charge is -2.25. The van der Waals surface area contributed by atoms with Crippen LogP contribution < -0.4 is 0 Å². The van der Waals surface area contributed by atoms with E-state index in [0.717, 1.165) is 5.56 Å². The molecule has 5 N–H and O–H groups in total. The summed E-state index contributed by atoms with van der Waals surface area (Å²) >= 11 is 0. The summed E-state index contributed by atoms with van der Waals surface area (Å²) in [7, 11) is 0. The van der Waals surface area contributed by atoms with E-state index in [2.05, 4.69) is 0 Å². The number of ketones is 1. The molecule has 0 aliphatic rings. The average Bonchev–Trinajstić information content (AvgIpc) is 2.56. The van der Waals surface area contributed by atoms with Crippen LogP contribution in [0.1, 0.15) is 41.8 Å². The summed E-state index contributed by atoms with van der Waals surface area (Å²) in [5, 5.41) is 49.5. The minimum atomic E-state index is -1.42. The number of aliphatic hydroxyl groups excluding tert-OH is 1. The minimum Gasteiger partial charge on any atom is -0.508 e. The molecule has 2 rings (SSSR count). The van der Waals surface area contributed by atoms with Gasteiger partial charge in [0.05, 0.1) is 17.3 Å². The molecule has 0 radical (unpaired) electrons. The van der Waals surface area contributed by atoms with E-state index in [0.29, 0.717) is 6.42 Å². The quantitative estimate of drug-likeness (QED) is 0.484. The van der Waals surface area contributed by atoms with Crippen LogP contribution in [0.3, 0.4) is 0 Å². The molecule has 0 fully saturated rings. The fourth-order valence-electron chi connectivity index (χ4n) is 2.55. The Labute approximate surface area is 152 Å². The van der Waals surface area contributed by atoms with Gasteiger partial charge < -0.3 is 25.5 Å². The van der Waals surface area contributed by atoms with E-state index in [-0.39, 0.29) is 47.0 Å². The Kier molecular flexibility index (Phi) is 5.90. The Balaban J connectivity index is 2.17. The molecule has 0 aliphatic heterocycles. The van der Waals surface area contributed by atoms with Crippen molar-refractivity contribution in [3.8, 4) is 17.2 Å². The van der Waals surface area contributed by atoms with Gasteiger partial charge in [0, 0.05) is 18.4 Å². The summed E-state index contributed by atoms with van der Waals surface area (Å²) in [5.74, 6) is -0.800. The van der Waals surface area contributed by atoms with Crippen LogP contribution in [0.5, 0.6) is 17.2 Å². The number of benzene rings is 2. The monoisotopic (exact) mass is 360 g/mol. The Morgan fingerprint density at radius 2 is 1.65 bits per heavy atom. The van der Waals surface area contributed by atoms with Gasteiger partial charge in [-0.1, -0.05) is 12.1 Å². The van der Waals surface area contributed by atoms with Gasteiger partial charge in [-0.3, -0.25) is 4.79 Å². The highest BCUT2D eigenvalue weighted by Crippen LogP contribution is 2.33. The molecule has 6 heteroatoms. The van der Waals surface area contributed by atoms with Crippen molar-refractivity contribution in [2.45, 2.75) is 44.8 Å². The van der Waals surface area contributed by atoms with Gasteiger partial charge in [0.15, 0.2) is 5.78 Å². The SMILES string of the molecule is CC(C)(O)C(O)Cc1c(O)ccc(C(=O)CCc2ccc(O)cc2)c1O. The number of aliphatic hydroxyl groups is 2. The van der Waals surface area contributed by atoms with E-state index >= 15 is 0 Å². The maximum Gasteiger partial charge on any atom is 0.166 e. The molecule has 0 amide bonds. The predicted molar refractivity (Wildman–Crippen MR) is 96.5 cm³/mol. The van der Waals surface area contributed by atoms with Gasteiger partial charge in [-0.05, 0) is 50.1 Å². The lowest BCUT2D eigenvalue weighted by atomic mass is 9.92. The van der Waals surface area contributed by atoms with Gasteiger partial charge in [0.25, 0.3) is 0 Å². The lowest BCUT2D eigenvalue weighted by Crippen LogP contribution is -2.37. The number of aryl methyl sites for hydroxylation is 1. The van der Waals surface area contributed by atoms with Gasteiger partial charge in [-0.25, -0.2) is 0 Å². The van der Waals surface area contributed by atoms with Gasteiger partial charge >= 0.3 is 0 Å². The number of hydrogen-bond donors (Lipinski definition) is 5.